The van der Waals surface area contributed by atoms with E-state index in [2.05, 4.69) is 59.9 Å². The van der Waals surface area contributed by atoms with Crippen molar-refractivity contribution in [3.05, 3.63) is 47.6 Å². The summed E-state index contributed by atoms with van der Waals surface area (Å²) >= 11 is 0. The summed E-state index contributed by atoms with van der Waals surface area (Å²) < 4.78 is 0. The molecule has 5 heteroatoms. The van der Waals surface area contributed by atoms with E-state index in [0.29, 0.717) is 38.0 Å². The molecule has 0 amide bonds. The number of aliphatic hydroxyl groups is 1. The van der Waals surface area contributed by atoms with Gasteiger partial charge in [-0.15, -0.1) is 0 Å². The first-order valence-electron chi connectivity index (χ1n) is 13.5. The van der Waals surface area contributed by atoms with Gasteiger partial charge in [-0.05, 0) is 79.3 Å². The molecule has 0 aromatic rings. The molecular formula is C31H46O5. The van der Waals surface area contributed by atoms with Gasteiger partial charge in [0.25, 0.3) is 0 Å². The third-order valence-corrected chi connectivity index (χ3v) is 10.4. The van der Waals surface area contributed by atoms with E-state index < -0.39 is 34.8 Å². The van der Waals surface area contributed by atoms with Crippen LogP contribution in [-0.4, -0.2) is 33.4 Å². The molecule has 0 spiro atoms. The number of allylic oxidation sites excluding steroid dienone is 6. The predicted molar refractivity (Wildman–Crippen MR) is 143 cm³/mol. The van der Waals surface area contributed by atoms with Gasteiger partial charge in [0.05, 0.1) is 12.0 Å². The summed E-state index contributed by atoms with van der Waals surface area (Å²) in [6, 6.07) is 0. The standard InChI is InChI=1S/C31H46O5/c1-18(2)20(5)9-10-21(28(35)36)27-25(32)17-31(8)24-12-11-22(19(3)4)29(6,15-14-26(33)34)23(24)13-16-30(27,31)7/h12-13,18,21-22,25,27,32H,3,5,9-11,14-17H2,1-2,4,6-8H3,(H,33,34)(H,35,36)/t21?,22?,25?,27?,29-,30+,31?/m0/s1. The van der Waals surface area contributed by atoms with Crippen LogP contribution in [0, 0.1) is 39.9 Å². The summed E-state index contributed by atoms with van der Waals surface area (Å²) in [5.41, 5.74) is 3.28. The van der Waals surface area contributed by atoms with Gasteiger partial charge < -0.3 is 15.3 Å². The first-order valence-corrected chi connectivity index (χ1v) is 13.5. The molecule has 5 unspecified atom stereocenters. The lowest BCUT2D eigenvalue weighted by atomic mass is 9.48. The number of fused-ring (bicyclic) bond motifs is 3. The van der Waals surface area contributed by atoms with E-state index in [1.807, 2.05) is 6.92 Å². The van der Waals surface area contributed by atoms with Crippen molar-refractivity contribution in [3.8, 4) is 0 Å². The highest BCUT2D eigenvalue weighted by atomic mass is 16.4. The molecule has 1 saturated carbocycles. The Labute approximate surface area is 217 Å². The molecule has 200 valence electrons. The van der Waals surface area contributed by atoms with Crippen molar-refractivity contribution >= 4 is 11.9 Å². The Bertz CT molecular complexity index is 1000. The van der Waals surface area contributed by atoms with Crippen LogP contribution in [0.2, 0.25) is 0 Å². The third-order valence-electron chi connectivity index (χ3n) is 10.4. The smallest absolute Gasteiger partial charge is 0.306 e. The molecule has 0 heterocycles. The van der Waals surface area contributed by atoms with Crippen LogP contribution < -0.4 is 0 Å². The highest BCUT2D eigenvalue weighted by molar-refractivity contribution is 5.71. The van der Waals surface area contributed by atoms with E-state index in [-0.39, 0.29) is 23.7 Å². The molecule has 7 atom stereocenters. The molecule has 0 radical (unpaired) electrons. The number of rotatable bonds is 10. The van der Waals surface area contributed by atoms with Crippen LogP contribution in [0.5, 0.6) is 0 Å². The molecule has 0 saturated heterocycles. The largest absolute Gasteiger partial charge is 0.481 e. The van der Waals surface area contributed by atoms with Crippen LogP contribution in [0.3, 0.4) is 0 Å². The van der Waals surface area contributed by atoms with Crippen molar-refractivity contribution in [2.75, 3.05) is 0 Å². The lowest BCUT2D eigenvalue weighted by Crippen LogP contribution is -2.48. The minimum Gasteiger partial charge on any atom is -0.481 e. The van der Waals surface area contributed by atoms with Gasteiger partial charge in [-0.3, -0.25) is 9.59 Å². The summed E-state index contributed by atoms with van der Waals surface area (Å²) in [6.07, 6.45) is 7.48. The summed E-state index contributed by atoms with van der Waals surface area (Å²) in [6.45, 7) is 21.1. The van der Waals surface area contributed by atoms with E-state index in [1.54, 1.807) is 0 Å². The second kappa shape index (κ2) is 9.96. The van der Waals surface area contributed by atoms with Crippen molar-refractivity contribution < 1.29 is 24.9 Å². The number of carbonyl (C=O) groups is 2. The van der Waals surface area contributed by atoms with Gasteiger partial charge in [0.2, 0.25) is 0 Å². The molecule has 3 N–H and O–H groups in total. The average Bonchev–Trinajstić information content (AvgIpc) is 2.98. The van der Waals surface area contributed by atoms with Gasteiger partial charge in [0, 0.05) is 17.8 Å². The van der Waals surface area contributed by atoms with E-state index in [1.165, 1.54) is 11.1 Å². The summed E-state index contributed by atoms with van der Waals surface area (Å²) in [4.78, 5) is 24.1. The van der Waals surface area contributed by atoms with E-state index >= 15 is 0 Å². The van der Waals surface area contributed by atoms with Crippen LogP contribution in [-0.2, 0) is 9.59 Å². The maximum absolute atomic E-state index is 12.6. The highest BCUT2D eigenvalue weighted by Gasteiger charge is 2.65. The fraction of sp³-hybridized carbons (Fsp3) is 0.677. The van der Waals surface area contributed by atoms with Gasteiger partial charge in [0.1, 0.15) is 0 Å². The van der Waals surface area contributed by atoms with Crippen LogP contribution >= 0.6 is 0 Å². The molecule has 3 aliphatic carbocycles. The van der Waals surface area contributed by atoms with Crippen LogP contribution in [0.15, 0.2) is 47.6 Å². The summed E-state index contributed by atoms with van der Waals surface area (Å²) in [7, 11) is 0. The second-order valence-electron chi connectivity index (χ2n) is 12.7. The Kier molecular flexibility index (Phi) is 7.87. The molecule has 3 rings (SSSR count). The zero-order valence-electron chi connectivity index (χ0n) is 23.1. The minimum atomic E-state index is -0.845. The monoisotopic (exact) mass is 498 g/mol. The Morgan fingerprint density at radius 3 is 2.25 bits per heavy atom. The number of hydrogen-bond donors (Lipinski definition) is 3. The zero-order valence-corrected chi connectivity index (χ0v) is 23.1. The van der Waals surface area contributed by atoms with Crippen LogP contribution in [0.1, 0.15) is 86.5 Å². The van der Waals surface area contributed by atoms with Gasteiger partial charge in [-0.25, -0.2) is 0 Å². The van der Waals surface area contributed by atoms with Gasteiger partial charge >= 0.3 is 11.9 Å². The first kappa shape index (κ1) is 28.4. The number of carboxylic acids is 2. The molecule has 0 bridgehead atoms. The minimum absolute atomic E-state index is 0.0883. The van der Waals surface area contributed by atoms with Gasteiger partial charge in [-0.1, -0.05) is 71.1 Å². The fourth-order valence-corrected chi connectivity index (χ4v) is 7.85. The lowest BCUT2D eigenvalue weighted by Gasteiger charge is -2.56. The normalized spacial score (nSPS) is 36.4. The number of hydrogen-bond acceptors (Lipinski definition) is 3. The fourth-order valence-electron chi connectivity index (χ4n) is 7.85. The van der Waals surface area contributed by atoms with Crippen molar-refractivity contribution in [1.82, 2.24) is 0 Å². The Hall–Kier alpha value is -2.14. The SMILES string of the molecule is C=C(CCC(C(=O)O)C1C(O)CC2(C)C3=CCC(C(=C)C)[C@](C)(CCC(=O)O)C3=CC[C@]12C)C(C)C. The topological polar surface area (TPSA) is 94.8 Å². The quantitative estimate of drug-likeness (QED) is 0.288. The molecule has 36 heavy (non-hydrogen) atoms. The number of aliphatic carboxylic acids is 2. The van der Waals surface area contributed by atoms with Gasteiger partial charge in [0.15, 0.2) is 0 Å². The van der Waals surface area contributed by atoms with Crippen molar-refractivity contribution in [1.29, 1.82) is 0 Å². The first-order chi connectivity index (χ1) is 16.6. The van der Waals surface area contributed by atoms with Crippen molar-refractivity contribution in [2.45, 2.75) is 92.6 Å². The van der Waals surface area contributed by atoms with Crippen LogP contribution in [0.25, 0.3) is 0 Å². The number of aliphatic hydroxyl groups excluding tert-OH is 1. The molecule has 3 aliphatic rings. The van der Waals surface area contributed by atoms with E-state index in [0.717, 1.165) is 17.6 Å². The average molecular weight is 499 g/mol. The van der Waals surface area contributed by atoms with Gasteiger partial charge in [-0.2, -0.15) is 0 Å². The molecule has 5 nitrogen and oxygen atoms in total. The third kappa shape index (κ3) is 4.53. The Balaban J connectivity index is 2.05. The molecule has 1 fully saturated rings. The summed E-state index contributed by atoms with van der Waals surface area (Å²) in [5, 5.41) is 31.2. The molecular weight excluding hydrogens is 452 g/mol. The van der Waals surface area contributed by atoms with Crippen LogP contribution in [0.4, 0.5) is 0 Å². The Morgan fingerprint density at radius 1 is 1.08 bits per heavy atom. The lowest BCUT2D eigenvalue weighted by molar-refractivity contribution is -0.148. The van der Waals surface area contributed by atoms with Crippen molar-refractivity contribution in [2.24, 2.45) is 39.9 Å². The maximum Gasteiger partial charge on any atom is 0.306 e. The molecule has 0 aromatic carbocycles. The predicted octanol–water partition coefficient (Wildman–Crippen LogP) is 6.80. The second-order valence-corrected chi connectivity index (χ2v) is 12.7. The molecule has 0 aromatic heterocycles. The highest BCUT2D eigenvalue weighted by Crippen LogP contribution is 2.70. The maximum atomic E-state index is 12.6. The molecule has 0 aliphatic heterocycles. The van der Waals surface area contributed by atoms with E-state index in [4.69, 9.17) is 0 Å². The zero-order chi connectivity index (χ0) is 27.2. The summed E-state index contributed by atoms with van der Waals surface area (Å²) in [5.74, 6) is -2.22. The number of carboxylic acid groups (broad SMARTS) is 2. The Morgan fingerprint density at radius 2 is 1.72 bits per heavy atom. The van der Waals surface area contributed by atoms with Crippen molar-refractivity contribution in [3.63, 3.8) is 0 Å². The van der Waals surface area contributed by atoms with E-state index in [9.17, 15) is 24.9 Å².